The molecule has 0 aromatic heterocycles. The molecule has 1 aliphatic heterocycles. The number of piperidine rings is 1. The van der Waals surface area contributed by atoms with Gasteiger partial charge in [0.2, 0.25) is 5.91 Å². The van der Waals surface area contributed by atoms with Crippen LogP contribution in [0.1, 0.15) is 24.8 Å². The maximum atomic E-state index is 13.4. The summed E-state index contributed by atoms with van der Waals surface area (Å²) in [7, 11) is 0. The van der Waals surface area contributed by atoms with Crippen molar-refractivity contribution in [3.05, 3.63) is 35.4 Å². The van der Waals surface area contributed by atoms with Crippen molar-refractivity contribution in [2.75, 3.05) is 19.6 Å². The van der Waals surface area contributed by atoms with Crippen molar-refractivity contribution < 1.29 is 13.6 Å². The highest BCUT2D eigenvalue weighted by molar-refractivity contribution is 5.85. The van der Waals surface area contributed by atoms with Gasteiger partial charge in [-0.25, -0.2) is 8.78 Å². The minimum atomic E-state index is -0.543. The lowest BCUT2D eigenvalue weighted by Crippen LogP contribution is -2.33. The van der Waals surface area contributed by atoms with Crippen LogP contribution in [0, 0.1) is 17.6 Å². The molecule has 118 valence electrons. The van der Waals surface area contributed by atoms with E-state index in [1.165, 1.54) is 12.8 Å². The zero-order chi connectivity index (χ0) is 14.4. The van der Waals surface area contributed by atoms with Crippen molar-refractivity contribution in [2.45, 2.75) is 25.7 Å². The highest BCUT2D eigenvalue weighted by Crippen LogP contribution is 2.13. The van der Waals surface area contributed by atoms with Crippen LogP contribution < -0.4 is 10.6 Å². The lowest BCUT2D eigenvalue weighted by atomic mass is 9.96. The van der Waals surface area contributed by atoms with Crippen LogP contribution in [0.5, 0.6) is 0 Å². The van der Waals surface area contributed by atoms with E-state index < -0.39 is 11.6 Å². The molecule has 1 aromatic rings. The monoisotopic (exact) mass is 318 g/mol. The lowest BCUT2D eigenvalue weighted by molar-refractivity contribution is -0.120. The Labute approximate surface area is 129 Å². The molecule has 1 unspecified atom stereocenters. The Morgan fingerprint density at radius 3 is 2.90 bits per heavy atom. The van der Waals surface area contributed by atoms with Crippen LogP contribution in [0.25, 0.3) is 0 Å². The molecule has 1 aromatic carbocycles. The summed E-state index contributed by atoms with van der Waals surface area (Å²) in [4.78, 5) is 11.7. The van der Waals surface area contributed by atoms with E-state index in [0.717, 1.165) is 37.7 Å². The summed E-state index contributed by atoms with van der Waals surface area (Å²) in [6.07, 6.45) is 3.16. The molecule has 0 spiro atoms. The van der Waals surface area contributed by atoms with E-state index in [9.17, 15) is 13.6 Å². The summed E-state index contributed by atoms with van der Waals surface area (Å²) in [5, 5.41) is 6.09. The quantitative estimate of drug-likeness (QED) is 0.875. The Bertz CT molecular complexity index is 465. The second-order valence-electron chi connectivity index (χ2n) is 5.26. The van der Waals surface area contributed by atoms with Crippen LogP contribution in [-0.2, 0) is 11.2 Å². The smallest absolute Gasteiger partial charge is 0.224 e. The minimum absolute atomic E-state index is 0. The fourth-order valence-corrected chi connectivity index (χ4v) is 2.50. The largest absolute Gasteiger partial charge is 0.356 e. The average molecular weight is 319 g/mol. The Hall–Kier alpha value is -1.20. The zero-order valence-corrected chi connectivity index (χ0v) is 12.6. The van der Waals surface area contributed by atoms with Crippen molar-refractivity contribution in [3.63, 3.8) is 0 Å². The number of hydrogen-bond acceptors (Lipinski definition) is 2. The normalized spacial score (nSPS) is 17.9. The van der Waals surface area contributed by atoms with Gasteiger partial charge in [-0.1, -0.05) is 0 Å². The molecule has 1 amide bonds. The second-order valence-corrected chi connectivity index (χ2v) is 5.26. The minimum Gasteiger partial charge on any atom is -0.356 e. The maximum absolute atomic E-state index is 13.4. The topological polar surface area (TPSA) is 41.1 Å². The van der Waals surface area contributed by atoms with Gasteiger partial charge >= 0.3 is 0 Å². The molecule has 1 fully saturated rings. The first-order chi connectivity index (χ1) is 9.65. The molecule has 2 rings (SSSR count). The molecule has 0 bridgehead atoms. The highest BCUT2D eigenvalue weighted by Gasteiger charge is 2.13. The number of nitrogens with one attached hydrogen (secondary N) is 2. The summed E-state index contributed by atoms with van der Waals surface area (Å²) in [5.74, 6) is -0.742. The van der Waals surface area contributed by atoms with Gasteiger partial charge in [0.25, 0.3) is 0 Å². The van der Waals surface area contributed by atoms with E-state index in [-0.39, 0.29) is 30.3 Å². The molecule has 1 heterocycles. The first-order valence-electron chi connectivity index (χ1n) is 7.06. The third kappa shape index (κ3) is 5.98. The third-order valence-corrected chi connectivity index (χ3v) is 3.63. The number of halogens is 3. The average Bonchev–Trinajstić information content (AvgIpc) is 2.44. The number of carbonyl (C=O) groups is 1. The summed E-state index contributed by atoms with van der Waals surface area (Å²) < 4.78 is 26.4. The molecule has 6 heteroatoms. The highest BCUT2D eigenvalue weighted by atomic mass is 35.5. The first kappa shape index (κ1) is 17.9. The number of rotatable bonds is 5. The molecular formula is C15H21ClF2N2O. The number of amides is 1. The molecule has 0 aliphatic carbocycles. The van der Waals surface area contributed by atoms with Gasteiger partial charge in [-0.2, -0.15) is 0 Å². The molecule has 1 aliphatic rings. The van der Waals surface area contributed by atoms with Gasteiger partial charge in [0.05, 0.1) is 6.42 Å². The predicted molar refractivity (Wildman–Crippen MR) is 80.5 cm³/mol. The van der Waals surface area contributed by atoms with Gasteiger partial charge < -0.3 is 10.6 Å². The third-order valence-electron chi connectivity index (χ3n) is 3.63. The van der Waals surface area contributed by atoms with E-state index in [0.29, 0.717) is 12.5 Å². The van der Waals surface area contributed by atoms with Gasteiger partial charge in [0, 0.05) is 12.1 Å². The Balaban J connectivity index is 0.00000220. The summed E-state index contributed by atoms with van der Waals surface area (Å²) in [6.45, 7) is 2.65. The van der Waals surface area contributed by atoms with Gasteiger partial charge in [-0.3, -0.25) is 4.79 Å². The zero-order valence-electron chi connectivity index (χ0n) is 11.8. The van der Waals surface area contributed by atoms with Gasteiger partial charge in [-0.05, 0) is 56.5 Å². The van der Waals surface area contributed by atoms with E-state index in [1.807, 2.05) is 0 Å². The standard InChI is InChI=1S/C15H20F2N2O.ClH/c16-13-3-4-14(17)12(8-13)9-15(20)19-7-5-11-2-1-6-18-10-11;/h3-4,8,11,18H,1-2,5-7,9-10H2,(H,19,20);1H. The second kappa shape index (κ2) is 8.95. The molecule has 1 atom stereocenters. The van der Waals surface area contributed by atoms with Gasteiger partial charge in [-0.15, -0.1) is 12.4 Å². The fourth-order valence-electron chi connectivity index (χ4n) is 2.50. The van der Waals surface area contributed by atoms with Crippen molar-refractivity contribution >= 4 is 18.3 Å². The molecule has 21 heavy (non-hydrogen) atoms. The number of hydrogen-bond donors (Lipinski definition) is 2. The van der Waals surface area contributed by atoms with Crippen LogP contribution in [0.3, 0.4) is 0 Å². The molecule has 3 nitrogen and oxygen atoms in total. The van der Waals surface area contributed by atoms with Crippen LogP contribution >= 0.6 is 12.4 Å². The SMILES string of the molecule is Cl.O=C(Cc1cc(F)ccc1F)NCCC1CCCNC1. The molecule has 1 saturated heterocycles. The van der Waals surface area contributed by atoms with Crippen molar-refractivity contribution in [1.82, 2.24) is 10.6 Å². The van der Waals surface area contributed by atoms with Gasteiger partial charge in [0.15, 0.2) is 0 Å². The molecular weight excluding hydrogens is 298 g/mol. The molecule has 0 saturated carbocycles. The predicted octanol–water partition coefficient (Wildman–Crippen LogP) is 2.44. The Morgan fingerprint density at radius 1 is 1.38 bits per heavy atom. The summed E-state index contributed by atoms with van der Waals surface area (Å²) >= 11 is 0. The Morgan fingerprint density at radius 2 is 2.19 bits per heavy atom. The van der Waals surface area contributed by atoms with Crippen molar-refractivity contribution in [2.24, 2.45) is 5.92 Å². The molecule has 0 radical (unpaired) electrons. The fraction of sp³-hybridized carbons (Fsp3) is 0.533. The van der Waals surface area contributed by atoms with Crippen molar-refractivity contribution in [3.8, 4) is 0 Å². The van der Waals surface area contributed by atoms with E-state index in [2.05, 4.69) is 10.6 Å². The Kier molecular flexibility index (Phi) is 7.61. The molecule has 2 N–H and O–H groups in total. The van der Waals surface area contributed by atoms with Crippen LogP contribution in [-0.4, -0.2) is 25.5 Å². The van der Waals surface area contributed by atoms with Crippen molar-refractivity contribution in [1.29, 1.82) is 0 Å². The summed E-state index contributed by atoms with van der Waals surface area (Å²) in [6, 6.07) is 3.17. The van der Waals surface area contributed by atoms with Crippen LogP contribution in [0.15, 0.2) is 18.2 Å². The lowest BCUT2D eigenvalue weighted by Gasteiger charge is -2.22. The van der Waals surface area contributed by atoms with Crippen LogP contribution in [0.4, 0.5) is 8.78 Å². The number of carbonyl (C=O) groups excluding carboxylic acids is 1. The van der Waals surface area contributed by atoms with E-state index in [1.54, 1.807) is 0 Å². The maximum Gasteiger partial charge on any atom is 0.224 e. The van der Waals surface area contributed by atoms with E-state index >= 15 is 0 Å². The van der Waals surface area contributed by atoms with Crippen LogP contribution in [0.2, 0.25) is 0 Å². The first-order valence-corrected chi connectivity index (χ1v) is 7.06. The van der Waals surface area contributed by atoms with E-state index in [4.69, 9.17) is 0 Å². The number of benzene rings is 1. The summed E-state index contributed by atoms with van der Waals surface area (Å²) in [5.41, 5.74) is 0.0989. The van der Waals surface area contributed by atoms with Gasteiger partial charge in [0.1, 0.15) is 11.6 Å².